The van der Waals surface area contributed by atoms with E-state index in [-0.39, 0.29) is 5.97 Å². The summed E-state index contributed by atoms with van der Waals surface area (Å²) in [4.78, 5) is 13.1. The van der Waals surface area contributed by atoms with Gasteiger partial charge in [-0.15, -0.1) is 0 Å². The second kappa shape index (κ2) is 6.11. The molecule has 0 spiro atoms. The van der Waals surface area contributed by atoms with Gasteiger partial charge in [0, 0.05) is 25.6 Å². The van der Waals surface area contributed by atoms with Crippen LogP contribution < -0.4 is 0 Å². The topological polar surface area (TPSA) is 29.5 Å². The van der Waals surface area contributed by atoms with Gasteiger partial charge in [0.2, 0.25) is 0 Å². The summed E-state index contributed by atoms with van der Waals surface area (Å²) in [6.07, 6.45) is 4.91. The van der Waals surface area contributed by atoms with E-state index in [2.05, 4.69) is 18.7 Å². The van der Waals surface area contributed by atoms with Crippen molar-refractivity contribution in [3.8, 4) is 0 Å². The van der Waals surface area contributed by atoms with Crippen molar-refractivity contribution >= 4 is 5.97 Å². The minimum Gasteiger partial charge on any atom is -0.466 e. The molecule has 1 heterocycles. The minimum absolute atomic E-state index is 0.172. The number of esters is 1. The average molecular weight is 213 g/mol. The molecule has 1 saturated heterocycles. The van der Waals surface area contributed by atoms with Gasteiger partial charge in [-0.05, 0) is 33.1 Å². The first-order valence-electron chi connectivity index (χ1n) is 6.00. The number of ether oxygens (including phenoxy) is 1. The van der Waals surface area contributed by atoms with Crippen LogP contribution in [-0.2, 0) is 9.53 Å². The van der Waals surface area contributed by atoms with E-state index in [1.54, 1.807) is 0 Å². The molecule has 0 radical (unpaired) electrons. The van der Waals surface area contributed by atoms with Crippen LogP contribution in [0.1, 0.15) is 46.5 Å². The monoisotopic (exact) mass is 213 g/mol. The fourth-order valence-corrected chi connectivity index (χ4v) is 2.38. The van der Waals surface area contributed by atoms with Gasteiger partial charge < -0.3 is 4.74 Å². The summed E-state index contributed by atoms with van der Waals surface area (Å²) in [6, 6.07) is 1.37. The second-order valence-corrected chi connectivity index (χ2v) is 4.56. The van der Waals surface area contributed by atoms with Crippen LogP contribution in [0.15, 0.2) is 0 Å². The highest BCUT2D eigenvalue weighted by Gasteiger charge is 2.23. The Kier molecular flexibility index (Phi) is 5.09. The Labute approximate surface area is 92.8 Å². The molecule has 1 rings (SSSR count). The van der Waals surface area contributed by atoms with Crippen LogP contribution in [-0.4, -0.2) is 36.1 Å². The fourth-order valence-electron chi connectivity index (χ4n) is 2.38. The van der Waals surface area contributed by atoms with Gasteiger partial charge in [-0.3, -0.25) is 9.69 Å². The Bertz CT molecular complexity index is 196. The zero-order chi connectivity index (χ0) is 11.3. The first-order chi connectivity index (χ1) is 7.11. The molecule has 0 aromatic carbocycles. The van der Waals surface area contributed by atoms with Crippen molar-refractivity contribution in [3.63, 3.8) is 0 Å². The van der Waals surface area contributed by atoms with Crippen LogP contribution in [0.4, 0.5) is 0 Å². The van der Waals surface area contributed by atoms with Crippen molar-refractivity contribution in [3.05, 3.63) is 0 Å². The Morgan fingerprint density at radius 1 is 1.33 bits per heavy atom. The normalized spacial score (nSPS) is 27.7. The van der Waals surface area contributed by atoms with Crippen LogP contribution in [0.5, 0.6) is 0 Å². The molecule has 1 aliphatic rings. The number of piperidine rings is 1. The van der Waals surface area contributed by atoms with Gasteiger partial charge in [0.1, 0.15) is 0 Å². The molecule has 0 bridgehead atoms. The average Bonchev–Trinajstić information content (AvgIpc) is 2.15. The highest BCUT2D eigenvalue weighted by molar-refractivity contribution is 5.65. The van der Waals surface area contributed by atoms with Gasteiger partial charge in [0.05, 0.1) is 6.61 Å². The Morgan fingerprint density at radius 2 is 1.93 bits per heavy atom. The molecule has 0 aromatic rings. The number of hydrogen-bond donors (Lipinski definition) is 0. The SMILES string of the molecule is CC(=O)OCCCN1C(C)CCCC1C. The predicted octanol–water partition coefficient (Wildman–Crippen LogP) is 2.20. The molecule has 0 N–H and O–H groups in total. The van der Waals surface area contributed by atoms with Crippen molar-refractivity contribution in [2.75, 3.05) is 13.2 Å². The van der Waals surface area contributed by atoms with Crippen LogP contribution in [0.2, 0.25) is 0 Å². The highest BCUT2D eigenvalue weighted by Crippen LogP contribution is 2.22. The summed E-state index contributed by atoms with van der Waals surface area (Å²) >= 11 is 0. The highest BCUT2D eigenvalue weighted by atomic mass is 16.5. The van der Waals surface area contributed by atoms with Crippen molar-refractivity contribution in [2.24, 2.45) is 0 Å². The predicted molar refractivity (Wildman–Crippen MR) is 60.7 cm³/mol. The van der Waals surface area contributed by atoms with Crippen molar-refractivity contribution < 1.29 is 9.53 Å². The first-order valence-corrected chi connectivity index (χ1v) is 6.00. The quantitative estimate of drug-likeness (QED) is 0.529. The molecular weight excluding hydrogens is 190 g/mol. The zero-order valence-corrected chi connectivity index (χ0v) is 10.2. The Morgan fingerprint density at radius 3 is 2.47 bits per heavy atom. The molecule has 2 atom stereocenters. The van der Waals surface area contributed by atoms with E-state index in [9.17, 15) is 4.79 Å². The van der Waals surface area contributed by atoms with Crippen LogP contribution in [0, 0.1) is 0 Å². The lowest BCUT2D eigenvalue weighted by Crippen LogP contribution is -2.44. The maximum atomic E-state index is 10.6. The number of hydrogen-bond acceptors (Lipinski definition) is 3. The summed E-state index contributed by atoms with van der Waals surface area (Å²) in [7, 11) is 0. The summed E-state index contributed by atoms with van der Waals surface area (Å²) in [5, 5.41) is 0. The molecule has 1 fully saturated rings. The van der Waals surface area contributed by atoms with E-state index in [0.717, 1.165) is 13.0 Å². The molecule has 3 heteroatoms. The van der Waals surface area contributed by atoms with E-state index < -0.39 is 0 Å². The number of rotatable bonds is 4. The zero-order valence-electron chi connectivity index (χ0n) is 10.2. The third-order valence-electron chi connectivity index (χ3n) is 3.24. The summed E-state index contributed by atoms with van der Waals surface area (Å²) in [6.45, 7) is 7.66. The molecule has 88 valence electrons. The molecule has 3 nitrogen and oxygen atoms in total. The molecule has 2 unspecified atom stereocenters. The third-order valence-corrected chi connectivity index (χ3v) is 3.24. The van der Waals surface area contributed by atoms with Gasteiger partial charge in [0.25, 0.3) is 0 Å². The first kappa shape index (κ1) is 12.5. The smallest absolute Gasteiger partial charge is 0.302 e. The molecule has 0 saturated carbocycles. The molecule has 0 amide bonds. The lowest BCUT2D eigenvalue weighted by molar-refractivity contribution is -0.141. The second-order valence-electron chi connectivity index (χ2n) is 4.56. The largest absolute Gasteiger partial charge is 0.466 e. The lowest BCUT2D eigenvalue weighted by Gasteiger charge is -2.38. The van der Waals surface area contributed by atoms with E-state index in [1.807, 2.05) is 0 Å². The maximum Gasteiger partial charge on any atom is 0.302 e. The molecule has 0 aromatic heterocycles. The third kappa shape index (κ3) is 4.20. The number of carbonyl (C=O) groups excluding carboxylic acids is 1. The molecular formula is C12H23NO2. The number of nitrogens with zero attached hydrogens (tertiary/aromatic N) is 1. The van der Waals surface area contributed by atoms with Gasteiger partial charge in [-0.1, -0.05) is 6.42 Å². The number of carbonyl (C=O) groups is 1. The summed E-state index contributed by atoms with van der Waals surface area (Å²) in [5.41, 5.74) is 0. The summed E-state index contributed by atoms with van der Waals surface area (Å²) < 4.78 is 4.94. The van der Waals surface area contributed by atoms with Crippen molar-refractivity contribution in [2.45, 2.75) is 58.5 Å². The standard InChI is InChI=1S/C12H23NO2/c1-10-6-4-7-11(2)13(10)8-5-9-15-12(3)14/h10-11H,4-9H2,1-3H3. The van der Waals surface area contributed by atoms with Crippen LogP contribution in [0.25, 0.3) is 0 Å². The van der Waals surface area contributed by atoms with Gasteiger partial charge >= 0.3 is 5.97 Å². The van der Waals surface area contributed by atoms with Gasteiger partial charge in [-0.25, -0.2) is 0 Å². The molecule has 0 aliphatic carbocycles. The van der Waals surface area contributed by atoms with Crippen LogP contribution in [0.3, 0.4) is 0 Å². The fraction of sp³-hybridized carbons (Fsp3) is 0.917. The molecule has 15 heavy (non-hydrogen) atoms. The minimum atomic E-state index is -0.172. The molecule has 1 aliphatic heterocycles. The van der Waals surface area contributed by atoms with Gasteiger partial charge in [0.15, 0.2) is 0 Å². The number of likely N-dealkylation sites (tertiary alicyclic amines) is 1. The van der Waals surface area contributed by atoms with Crippen LogP contribution >= 0.6 is 0 Å². The Hall–Kier alpha value is -0.570. The van der Waals surface area contributed by atoms with Gasteiger partial charge in [-0.2, -0.15) is 0 Å². The lowest BCUT2D eigenvalue weighted by atomic mass is 9.97. The van der Waals surface area contributed by atoms with Crippen molar-refractivity contribution in [1.29, 1.82) is 0 Å². The van der Waals surface area contributed by atoms with E-state index >= 15 is 0 Å². The van der Waals surface area contributed by atoms with E-state index in [0.29, 0.717) is 18.7 Å². The Balaban J connectivity index is 2.20. The maximum absolute atomic E-state index is 10.6. The van der Waals surface area contributed by atoms with E-state index in [4.69, 9.17) is 4.74 Å². The summed E-state index contributed by atoms with van der Waals surface area (Å²) in [5.74, 6) is -0.172. The van der Waals surface area contributed by atoms with E-state index in [1.165, 1.54) is 26.2 Å². The van der Waals surface area contributed by atoms with Crippen molar-refractivity contribution in [1.82, 2.24) is 4.90 Å².